The molecule has 1 aromatic carbocycles. The van der Waals surface area contributed by atoms with Crippen molar-refractivity contribution >= 4 is 7.85 Å². The number of rotatable bonds is 3. The maximum absolute atomic E-state index is 13.1. The molecule has 0 aliphatic carbocycles. The highest BCUT2D eigenvalue weighted by atomic mass is 19.2. The van der Waals surface area contributed by atoms with Gasteiger partial charge in [0.2, 0.25) is 0 Å². The number of aryl methyl sites for hydroxylation is 1. The van der Waals surface area contributed by atoms with E-state index in [-0.39, 0.29) is 0 Å². The average molecular weight is 206 g/mol. The molecule has 3 heteroatoms. The molecule has 1 unspecified atom stereocenters. The molecule has 0 fully saturated rings. The Morgan fingerprint density at radius 2 is 2.00 bits per heavy atom. The smallest absolute Gasteiger partial charge is 0.195 e. The molecular weight excluding hydrogens is 190 g/mol. The summed E-state index contributed by atoms with van der Waals surface area (Å²) in [7, 11) is 5.17. The van der Waals surface area contributed by atoms with Crippen molar-refractivity contribution in [3.8, 4) is 5.75 Å². The Labute approximate surface area is 92.1 Å². The first-order valence-electron chi connectivity index (χ1n) is 5.07. The summed E-state index contributed by atoms with van der Waals surface area (Å²) in [5.41, 5.74) is 1.99. The molecule has 0 saturated heterocycles. The lowest BCUT2D eigenvalue weighted by Gasteiger charge is -2.20. The van der Waals surface area contributed by atoms with Crippen molar-refractivity contribution in [2.24, 2.45) is 0 Å². The SMILES string of the molecule is [B]C(C)(F)Oc1cc(C(C)C)ccc1C. The highest BCUT2D eigenvalue weighted by Crippen LogP contribution is 2.26. The van der Waals surface area contributed by atoms with Crippen LogP contribution in [-0.2, 0) is 0 Å². The van der Waals surface area contributed by atoms with Gasteiger partial charge in [0.15, 0.2) is 13.6 Å². The molecule has 0 aromatic heterocycles. The molecule has 1 atom stereocenters. The summed E-state index contributed by atoms with van der Waals surface area (Å²) in [6, 6.07) is 5.76. The highest BCUT2D eigenvalue weighted by molar-refractivity contribution is 6.13. The van der Waals surface area contributed by atoms with Crippen LogP contribution in [0.25, 0.3) is 0 Å². The summed E-state index contributed by atoms with van der Waals surface area (Å²) in [5.74, 6) is -1.23. The van der Waals surface area contributed by atoms with Crippen LogP contribution in [0.15, 0.2) is 18.2 Å². The van der Waals surface area contributed by atoms with Gasteiger partial charge in [0.05, 0.1) is 0 Å². The van der Waals surface area contributed by atoms with E-state index in [2.05, 4.69) is 13.8 Å². The van der Waals surface area contributed by atoms with Gasteiger partial charge in [-0.2, -0.15) is 0 Å². The first-order chi connectivity index (χ1) is 6.79. The van der Waals surface area contributed by atoms with E-state index in [1.54, 1.807) is 0 Å². The van der Waals surface area contributed by atoms with Crippen LogP contribution in [0.4, 0.5) is 4.39 Å². The molecule has 0 aliphatic rings. The fourth-order valence-corrected chi connectivity index (χ4v) is 1.30. The maximum atomic E-state index is 13.1. The lowest BCUT2D eigenvalue weighted by Crippen LogP contribution is -2.26. The zero-order chi connectivity index (χ0) is 11.6. The van der Waals surface area contributed by atoms with Gasteiger partial charge in [-0.05, 0) is 37.0 Å². The molecule has 0 amide bonds. The van der Waals surface area contributed by atoms with Crippen LogP contribution in [0.3, 0.4) is 0 Å². The molecule has 2 radical (unpaired) electrons. The van der Waals surface area contributed by atoms with Gasteiger partial charge in [0.25, 0.3) is 0 Å². The normalized spacial score (nSPS) is 15.1. The topological polar surface area (TPSA) is 9.23 Å². The standard InChI is InChI=1S/C12H16BFO/c1-8(2)10-6-5-9(3)11(7-10)15-12(4,13)14/h5-8H,1-4H3. The summed E-state index contributed by atoms with van der Waals surface area (Å²) >= 11 is 0. The van der Waals surface area contributed by atoms with Gasteiger partial charge in [-0.25, -0.2) is 4.39 Å². The maximum Gasteiger partial charge on any atom is 0.195 e. The van der Waals surface area contributed by atoms with E-state index in [9.17, 15) is 4.39 Å². The fourth-order valence-electron chi connectivity index (χ4n) is 1.30. The van der Waals surface area contributed by atoms with Crippen LogP contribution < -0.4 is 4.74 Å². The third kappa shape index (κ3) is 3.58. The molecule has 0 spiro atoms. The summed E-state index contributed by atoms with van der Waals surface area (Å²) < 4.78 is 18.2. The molecule has 0 saturated carbocycles. The number of hydrogen-bond donors (Lipinski definition) is 0. The van der Waals surface area contributed by atoms with E-state index in [4.69, 9.17) is 12.6 Å². The number of hydrogen-bond acceptors (Lipinski definition) is 1. The quantitative estimate of drug-likeness (QED) is 0.689. The number of alkyl halides is 1. The lowest BCUT2D eigenvalue weighted by molar-refractivity contribution is 0.0383. The number of halogens is 1. The summed E-state index contributed by atoms with van der Waals surface area (Å²) in [4.78, 5) is 0. The molecule has 1 aromatic rings. The summed E-state index contributed by atoms with van der Waals surface area (Å²) in [6.07, 6.45) is 0. The van der Waals surface area contributed by atoms with Crippen LogP contribution in [-0.4, -0.2) is 13.6 Å². The minimum absolute atomic E-state index is 0.386. The van der Waals surface area contributed by atoms with Gasteiger partial charge in [0.1, 0.15) is 5.75 Å². The van der Waals surface area contributed by atoms with Crippen molar-refractivity contribution in [1.82, 2.24) is 0 Å². The predicted octanol–water partition coefficient (Wildman–Crippen LogP) is 3.31. The predicted molar refractivity (Wildman–Crippen MR) is 61.2 cm³/mol. The van der Waals surface area contributed by atoms with Crippen molar-refractivity contribution < 1.29 is 9.13 Å². The van der Waals surface area contributed by atoms with E-state index >= 15 is 0 Å². The van der Waals surface area contributed by atoms with Gasteiger partial charge >= 0.3 is 0 Å². The molecule has 15 heavy (non-hydrogen) atoms. The lowest BCUT2D eigenvalue weighted by atomic mass is 9.98. The van der Waals surface area contributed by atoms with E-state index in [0.717, 1.165) is 11.1 Å². The fraction of sp³-hybridized carbons (Fsp3) is 0.500. The minimum atomic E-state index is -2.12. The van der Waals surface area contributed by atoms with Crippen molar-refractivity contribution in [3.63, 3.8) is 0 Å². The Kier molecular flexibility index (Phi) is 3.43. The van der Waals surface area contributed by atoms with Crippen LogP contribution >= 0.6 is 0 Å². The minimum Gasteiger partial charge on any atom is -0.468 e. The largest absolute Gasteiger partial charge is 0.468 e. The van der Waals surface area contributed by atoms with Gasteiger partial charge in [-0.3, -0.25) is 0 Å². The van der Waals surface area contributed by atoms with Crippen molar-refractivity contribution in [1.29, 1.82) is 0 Å². The average Bonchev–Trinajstić information content (AvgIpc) is 2.06. The molecule has 80 valence electrons. The second-order valence-corrected chi connectivity index (χ2v) is 4.27. The van der Waals surface area contributed by atoms with E-state index < -0.39 is 5.75 Å². The van der Waals surface area contributed by atoms with Crippen molar-refractivity contribution in [2.45, 2.75) is 39.4 Å². The summed E-state index contributed by atoms with van der Waals surface area (Å²) in [5, 5.41) is 0. The monoisotopic (exact) mass is 206 g/mol. The summed E-state index contributed by atoms with van der Waals surface area (Å²) in [6.45, 7) is 7.21. The Hall–Kier alpha value is -0.985. The van der Waals surface area contributed by atoms with Crippen LogP contribution in [0, 0.1) is 6.92 Å². The third-order valence-electron chi connectivity index (χ3n) is 2.19. The molecule has 1 rings (SSSR count). The first-order valence-corrected chi connectivity index (χ1v) is 5.07. The van der Waals surface area contributed by atoms with E-state index in [1.807, 2.05) is 25.1 Å². The van der Waals surface area contributed by atoms with Crippen molar-refractivity contribution in [2.75, 3.05) is 0 Å². The van der Waals surface area contributed by atoms with Crippen LogP contribution in [0.5, 0.6) is 5.75 Å². The molecule has 0 bridgehead atoms. The second-order valence-electron chi connectivity index (χ2n) is 4.27. The Balaban J connectivity index is 3.01. The Morgan fingerprint density at radius 1 is 1.40 bits per heavy atom. The van der Waals surface area contributed by atoms with Crippen LogP contribution in [0.1, 0.15) is 37.8 Å². The third-order valence-corrected chi connectivity index (χ3v) is 2.19. The first kappa shape index (κ1) is 12.1. The van der Waals surface area contributed by atoms with E-state index in [1.165, 1.54) is 6.92 Å². The highest BCUT2D eigenvalue weighted by Gasteiger charge is 2.18. The van der Waals surface area contributed by atoms with Gasteiger partial charge < -0.3 is 4.74 Å². The molecule has 0 heterocycles. The second kappa shape index (κ2) is 4.25. The number of ether oxygens (including phenoxy) is 1. The number of benzene rings is 1. The van der Waals surface area contributed by atoms with Crippen LogP contribution in [0.2, 0.25) is 0 Å². The Morgan fingerprint density at radius 3 is 2.47 bits per heavy atom. The Bertz CT molecular complexity index is 342. The molecule has 0 N–H and O–H groups in total. The van der Waals surface area contributed by atoms with Gasteiger partial charge in [0, 0.05) is 0 Å². The zero-order valence-corrected chi connectivity index (χ0v) is 9.67. The van der Waals surface area contributed by atoms with Gasteiger partial charge in [-0.1, -0.05) is 26.0 Å². The van der Waals surface area contributed by atoms with Gasteiger partial charge in [-0.15, -0.1) is 0 Å². The van der Waals surface area contributed by atoms with Crippen molar-refractivity contribution in [3.05, 3.63) is 29.3 Å². The molecule has 1 nitrogen and oxygen atoms in total. The zero-order valence-electron chi connectivity index (χ0n) is 9.67. The van der Waals surface area contributed by atoms with E-state index in [0.29, 0.717) is 11.7 Å². The molecule has 0 aliphatic heterocycles. The molecular formula is C12H16BFO.